The van der Waals surface area contributed by atoms with Crippen LogP contribution in [0.5, 0.6) is 0 Å². The van der Waals surface area contributed by atoms with Crippen LogP contribution in [0.2, 0.25) is 0 Å². The SMILES string of the molecule is O=C(ON1C(=O)c2ccccc2C1=O)C1CCCN1c1ncnc2ccccc12. The second-order valence-corrected chi connectivity index (χ2v) is 6.93. The summed E-state index contributed by atoms with van der Waals surface area (Å²) >= 11 is 0. The molecule has 1 aromatic heterocycles. The van der Waals surface area contributed by atoms with E-state index in [1.54, 1.807) is 12.1 Å². The third-order valence-corrected chi connectivity index (χ3v) is 5.26. The zero-order chi connectivity index (χ0) is 20.0. The summed E-state index contributed by atoms with van der Waals surface area (Å²) in [6.07, 6.45) is 2.77. The third kappa shape index (κ3) is 2.72. The number of rotatable bonds is 3. The molecule has 1 fully saturated rings. The molecular formula is C21H16N4O4. The van der Waals surface area contributed by atoms with Crippen LogP contribution in [-0.4, -0.2) is 45.4 Å². The topological polar surface area (TPSA) is 92.7 Å². The monoisotopic (exact) mass is 388 g/mol. The van der Waals surface area contributed by atoms with Crippen LogP contribution in [0.1, 0.15) is 33.6 Å². The minimum absolute atomic E-state index is 0.232. The maximum Gasteiger partial charge on any atom is 0.355 e. The van der Waals surface area contributed by atoms with Gasteiger partial charge < -0.3 is 9.74 Å². The summed E-state index contributed by atoms with van der Waals surface area (Å²) in [5.74, 6) is -1.27. The Bertz CT molecular complexity index is 1120. The van der Waals surface area contributed by atoms with Crippen molar-refractivity contribution >= 4 is 34.5 Å². The highest BCUT2D eigenvalue weighted by Gasteiger charge is 2.42. The second kappa shape index (κ2) is 6.66. The van der Waals surface area contributed by atoms with Crippen LogP contribution in [-0.2, 0) is 9.63 Å². The number of imide groups is 1. The van der Waals surface area contributed by atoms with Crippen molar-refractivity contribution in [2.75, 3.05) is 11.4 Å². The van der Waals surface area contributed by atoms with Gasteiger partial charge in [-0.05, 0) is 37.1 Å². The van der Waals surface area contributed by atoms with E-state index < -0.39 is 23.8 Å². The molecular weight excluding hydrogens is 372 g/mol. The Labute approximate surface area is 165 Å². The van der Waals surface area contributed by atoms with Crippen LogP contribution in [0.4, 0.5) is 5.82 Å². The highest BCUT2D eigenvalue weighted by Crippen LogP contribution is 2.31. The van der Waals surface area contributed by atoms with Gasteiger partial charge in [-0.15, -0.1) is 0 Å². The maximum absolute atomic E-state index is 12.9. The largest absolute Gasteiger partial charge is 0.355 e. The molecule has 8 heteroatoms. The van der Waals surface area contributed by atoms with E-state index in [1.807, 2.05) is 29.2 Å². The van der Waals surface area contributed by atoms with Gasteiger partial charge in [0, 0.05) is 11.9 Å². The van der Waals surface area contributed by atoms with Gasteiger partial charge in [0.15, 0.2) is 0 Å². The number of nitrogens with zero attached hydrogens (tertiary/aromatic N) is 4. The van der Waals surface area contributed by atoms with E-state index in [1.165, 1.54) is 18.5 Å². The van der Waals surface area contributed by atoms with Crippen molar-refractivity contribution in [2.24, 2.45) is 0 Å². The van der Waals surface area contributed by atoms with Gasteiger partial charge >= 0.3 is 5.97 Å². The molecule has 3 heterocycles. The van der Waals surface area contributed by atoms with Gasteiger partial charge in [-0.25, -0.2) is 14.8 Å². The van der Waals surface area contributed by atoms with Crippen molar-refractivity contribution in [3.63, 3.8) is 0 Å². The Morgan fingerprint density at radius 3 is 2.41 bits per heavy atom. The zero-order valence-electron chi connectivity index (χ0n) is 15.3. The van der Waals surface area contributed by atoms with Gasteiger partial charge in [0.05, 0.1) is 16.6 Å². The molecule has 3 aromatic rings. The molecule has 1 saturated heterocycles. The number of carbonyl (C=O) groups excluding carboxylic acids is 3. The fourth-order valence-corrected chi connectivity index (χ4v) is 3.89. The number of hydrogen-bond donors (Lipinski definition) is 0. The lowest BCUT2D eigenvalue weighted by Gasteiger charge is -2.26. The number of amides is 2. The highest BCUT2D eigenvalue weighted by molar-refractivity contribution is 6.21. The molecule has 0 saturated carbocycles. The molecule has 0 N–H and O–H groups in total. The quantitative estimate of drug-likeness (QED) is 0.636. The molecule has 1 atom stereocenters. The minimum atomic E-state index is -0.653. The first kappa shape index (κ1) is 17.3. The predicted octanol–water partition coefficient (Wildman–Crippen LogP) is 2.35. The summed E-state index contributed by atoms with van der Waals surface area (Å²) in [7, 11) is 0. The lowest BCUT2D eigenvalue weighted by Crippen LogP contribution is -2.43. The summed E-state index contributed by atoms with van der Waals surface area (Å²) < 4.78 is 0. The standard InChI is InChI=1S/C21H16N4O4/c26-19-13-6-1-2-7-14(13)20(27)25(19)29-21(28)17-10-5-11-24(17)18-15-8-3-4-9-16(15)22-12-23-18/h1-4,6-9,12,17H,5,10-11H2. The molecule has 0 bridgehead atoms. The number of carbonyl (C=O) groups is 3. The molecule has 0 spiro atoms. The van der Waals surface area contributed by atoms with Crippen LogP contribution < -0.4 is 4.90 Å². The van der Waals surface area contributed by atoms with Crippen LogP contribution in [0.25, 0.3) is 10.9 Å². The van der Waals surface area contributed by atoms with E-state index >= 15 is 0 Å². The van der Waals surface area contributed by atoms with Crippen molar-refractivity contribution < 1.29 is 19.2 Å². The van der Waals surface area contributed by atoms with E-state index in [9.17, 15) is 14.4 Å². The van der Waals surface area contributed by atoms with Gasteiger partial charge in [-0.3, -0.25) is 9.59 Å². The Morgan fingerprint density at radius 2 is 1.66 bits per heavy atom. The molecule has 2 aliphatic rings. The first-order chi connectivity index (χ1) is 14.1. The molecule has 0 aliphatic carbocycles. The van der Waals surface area contributed by atoms with E-state index in [-0.39, 0.29) is 11.1 Å². The number of para-hydroxylation sites is 1. The van der Waals surface area contributed by atoms with E-state index in [0.717, 1.165) is 17.3 Å². The zero-order valence-corrected chi connectivity index (χ0v) is 15.3. The van der Waals surface area contributed by atoms with Crippen LogP contribution in [0.3, 0.4) is 0 Å². The van der Waals surface area contributed by atoms with Gasteiger partial charge in [0.1, 0.15) is 18.2 Å². The van der Waals surface area contributed by atoms with Crippen LogP contribution in [0.15, 0.2) is 54.9 Å². The number of anilines is 1. The smallest absolute Gasteiger partial charge is 0.342 e. The first-order valence-electron chi connectivity index (χ1n) is 9.31. The van der Waals surface area contributed by atoms with Gasteiger partial charge in [-0.2, -0.15) is 0 Å². The van der Waals surface area contributed by atoms with Crippen molar-refractivity contribution in [3.05, 3.63) is 66.0 Å². The third-order valence-electron chi connectivity index (χ3n) is 5.26. The van der Waals surface area contributed by atoms with Gasteiger partial charge in [-0.1, -0.05) is 29.3 Å². The van der Waals surface area contributed by atoms with E-state index in [4.69, 9.17) is 4.84 Å². The lowest BCUT2D eigenvalue weighted by atomic mass is 10.1. The van der Waals surface area contributed by atoms with Crippen LogP contribution >= 0.6 is 0 Å². The number of aromatic nitrogens is 2. The van der Waals surface area contributed by atoms with Crippen molar-refractivity contribution in [1.82, 2.24) is 15.0 Å². The fraction of sp³-hybridized carbons (Fsp3) is 0.190. The fourth-order valence-electron chi connectivity index (χ4n) is 3.89. The molecule has 144 valence electrons. The Hall–Kier alpha value is -3.81. The summed E-state index contributed by atoms with van der Waals surface area (Å²) in [6, 6.07) is 13.3. The predicted molar refractivity (Wildman–Crippen MR) is 103 cm³/mol. The summed E-state index contributed by atoms with van der Waals surface area (Å²) in [5.41, 5.74) is 1.24. The average Bonchev–Trinajstić information content (AvgIpc) is 3.33. The van der Waals surface area contributed by atoms with Crippen molar-refractivity contribution in [3.8, 4) is 0 Å². The minimum Gasteiger partial charge on any atom is -0.342 e. The molecule has 8 nitrogen and oxygen atoms in total. The maximum atomic E-state index is 12.9. The average molecular weight is 388 g/mol. The lowest BCUT2D eigenvalue weighted by molar-refractivity contribution is -0.169. The molecule has 5 rings (SSSR count). The molecule has 29 heavy (non-hydrogen) atoms. The van der Waals surface area contributed by atoms with E-state index in [0.29, 0.717) is 23.8 Å². The van der Waals surface area contributed by atoms with Gasteiger partial charge in [0.25, 0.3) is 11.8 Å². The summed E-state index contributed by atoms with van der Waals surface area (Å²) in [4.78, 5) is 53.6. The number of hydroxylamine groups is 2. The number of fused-ring (bicyclic) bond motifs is 2. The number of benzene rings is 2. The Balaban J connectivity index is 1.42. The van der Waals surface area contributed by atoms with Crippen molar-refractivity contribution in [1.29, 1.82) is 0 Å². The highest BCUT2D eigenvalue weighted by atomic mass is 16.7. The molecule has 2 aromatic carbocycles. The Kier molecular flexibility index (Phi) is 3.97. The summed E-state index contributed by atoms with van der Waals surface area (Å²) in [6.45, 7) is 0.614. The first-order valence-corrected chi connectivity index (χ1v) is 9.31. The molecule has 2 aliphatic heterocycles. The second-order valence-electron chi connectivity index (χ2n) is 6.93. The Morgan fingerprint density at radius 1 is 0.966 bits per heavy atom. The molecule has 1 unspecified atom stereocenters. The number of hydrogen-bond acceptors (Lipinski definition) is 7. The molecule has 0 radical (unpaired) electrons. The normalized spacial score (nSPS) is 18.4. The van der Waals surface area contributed by atoms with Gasteiger partial charge in [0.2, 0.25) is 0 Å². The van der Waals surface area contributed by atoms with Crippen LogP contribution in [0, 0.1) is 0 Å². The summed E-state index contributed by atoms with van der Waals surface area (Å²) in [5, 5.41) is 1.39. The van der Waals surface area contributed by atoms with Crippen molar-refractivity contribution in [2.45, 2.75) is 18.9 Å². The van der Waals surface area contributed by atoms with E-state index in [2.05, 4.69) is 9.97 Å². The molecule has 2 amide bonds.